The van der Waals surface area contributed by atoms with Crippen LogP contribution in [0.25, 0.3) is 5.70 Å². The van der Waals surface area contributed by atoms with E-state index >= 15 is 0 Å². The number of benzene rings is 1. The van der Waals surface area contributed by atoms with E-state index < -0.39 is 11.7 Å². The standard InChI is InChI=1S/C9H7ClF3NS/c10-7-3-5(8(14)4-15)1-2-6(7)9(11,12)13/h1-4,15H,14H2/b8-4-. The summed E-state index contributed by atoms with van der Waals surface area (Å²) >= 11 is 9.28. The molecule has 1 aromatic rings. The number of halogens is 4. The average Bonchev–Trinajstić information content (AvgIpc) is 2.14. The molecule has 0 aliphatic carbocycles. The topological polar surface area (TPSA) is 26.0 Å². The summed E-state index contributed by atoms with van der Waals surface area (Å²) in [4.78, 5) is 0. The third kappa shape index (κ3) is 2.82. The van der Waals surface area contributed by atoms with Gasteiger partial charge >= 0.3 is 6.18 Å². The van der Waals surface area contributed by atoms with Crippen molar-refractivity contribution in [1.82, 2.24) is 0 Å². The molecule has 1 rings (SSSR count). The Hall–Kier alpha value is -0.810. The zero-order valence-corrected chi connectivity index (χ0v) is 9.00. The number of alkyl halides is 3. The minimum Gasteiger partial charge on any atom is -0.398 e. The molecule has 0 saturated heterocycles. The second kappa shape index (κ2) is 4.37. The van der Waals surface area contributed by atoms with E-state index in [9.17, 15) is 13.2 Å². The molecule has 6 heteroatoms. The molecule has 82 valence electrons. The van der Waals surface area contributed by atoms with E-state index in [4.69, 9.17) is 17.3 Å². The summed E-state index contributed by atoms with van der Waals surface area (Å²) in [5.74, 6) is 0. The van der Waals surface area contributed by atoms with Crippen LogP contribution in [0.2, 0.25) is 5.02 Å². The van der Waals surface area contributed by atoms with Crippen molar-refractivity contribution in [2.45, 2.75) is 6.18 Å². The van der Waals surface area contributed by atoms with Crippen molar-refractivity contribution in [3.05, 3.63) is 39.8 Å². The molecular weight excluding hydrogens is 247 g/mol. The lowest BCUT2D eigenvalue weighted by Crippen LogP contribution is -2.06. The van der Waals surface area contributed by atoms with Gasteiger partial charge < -0.3 is 5.73 Å². The van der Waals surface area contributed by atoms with Gasteiger partial charge in [-0.05, 0) is 23.1 Å². The molecule has 0 heterocycles. The largest absolute Gasteiger partial charge is 0.417 e. The fourth-order valence-corrected chi connectivity index (χ4v) is 1.44. The maximum atomic E-state index is 12.3. The van der Waals surface area contributed by atoms with Crippen LogP contribution in [-0.2, 0) is 6.18 Å². The van der Waals surface area contributed by atoms with Crippen LogP contribution in [-0.4, -0.2) is 0 Å². The number of nitrogens with two attached hydrogens (primary N) is 1. The van der Waals surface area contributed by atoms with Crippen LogP contribution in [0.15, 0.2) is 23.6 Å². The molecule has 0 aliphatic rings. The van der Waals surface area contributed by atoms with Crippen molar-refractivity contribution in [3.63, 3.8) is 0 Å². The van der Waals surface area contributed by atoms with E-state index in [1.54, 1.807) is 0 Å². The summed E-state index contributed by atoms with van der Waals surface area (Å²) < 4.78 is 37.0. The van der Waals surface area contributed by atoms with Crippen LogP contribution in [0.4, 0.5) is 13.2 Å². The average molecular weight is 254 g/mol. The van der Waals surface area contributed by atoms with Crippen molar-refractivity contribution in [1.29, 1.82) is 0 Å². The van der Waals surface area contributed by atoms with Crippen LogP contribution in [0, 0.1) is 0 Å². The Balaban J connectivity index is 3.21. The van der Waals surface area contributed by atoms with E-state index in [0.29, 0.717) is 5.56 Å². The molecule has 1 nitrogen and oxygen atoms in total. The number of hydrogen-bond donors (Lipinski definition) is 2. The molecule has 1 aromatic carbocycles. The lowest BCUT2D eigenvalue weighted by atomic mass is 10.1. The number of hydrogen-bond acceptors (Lipinski definition) is 2. The van der Waals surface area contributed by atoms with Gasteiger partial charge in [0.05, 0.1) is 10.6 Å². The minimum atomic E-state index is -4.45. The molecule has 15 heavy (non-hydrogen) atoms. The lowest BCUT2D eigenvalue weighted by Gasteiger charge is -2.10. The van der Waals surface area contributed by atoms with E-state index in [0.717, 1.165) is 12.1 Å². The molecule has 0 atom stereocenters. The number of rotatable bonds is 1. The fraction of sp³-hybridized carbons (Fsp3) is 0.111. The summed E-state index contributed by atoms with van der Waals surface area (Å²) in [6.07, 6.45) is -4.45. The maximum absolute atomic E-state index is 12.3. The fourth-order valence-electron chi connectivity index (χ4n) is 0.999. The van der Waals surface area contributed by atoms with E-state index in [2.05, 4.69) is 12.6 Å². The Morgan fingerprint density at radius 1 is 1.40 bits per heavy atom. The summed E-state index contributed by atoms with van der Waals surface area (Å²) in [7, 11) is 0. The van der Waals surface area contributed by atoms with Gasteiger partial charge in [-0.1, -0.05) is 17.7 Å². The highest BCUT2D eigenvalue weighted by atomic mass is 35.5. The van der Waals surface area contributed by atoms with Crippen molar-refractivity contribution in [3.8, 4) is 0 Å². The van der Waals surface area contributed by atoms with Gasteiger partial charge in [-0.25, -0.2) is 0 Å². The molecule has 0 radical (unpaired) electrons. The van der Waals surface area contributed by atoms with Gasteiger partial charge in [0.2, 0.25) is 0 Å². The molecule has 0 saturated carbocycles. The Labute approximate surface area is 95.1 Å². The van der Waals surface area contributed by atoms with E-state index in [-0.39, 0.29) is 10.7 Å². The Bertz CT molecular complexity index is 401. The highest BCUT2D eigenvalue weighted by Crippen LogP contribution is 2.35. The van der Waals surface area contributed by atoms with Crippen LogP contribution in [0.5, 0.6) is 0 Å². The monoisotopic (exact) mass is 253 g/mol. The highest BCUT2D eigenvalue weighted by molar-refractivity contribution is 7.83. The smallest absolute Gasteiger partial charge is 0.398 e. The van der Waals surface area contributed by atoms with Gasteiger partial charge in [-0.3, -0.25) is 0 Å². The van der Waals surface area contributed by atoms with Gasteiger partial charge in [0, 0.05) is 5.70 Å². The predicted octanol–water partition coefficient (Wildman–Crippen LogP) is 3.55. The zero-order valence-electron chi connectivity index (χ0n) is 7.35. The van der Waals surface area contributed by atoms with Gasteiger partial charge in [-0.15, -0.1) is 12.6 Å². The van der Waals surface area contributed by atoms with Crippen molar-refractivity contribution in [2.75, 3.05) is 0 Å². The number of thiol groups is 1. The normalized spacial score (nSPS) is 13.0. The molecule has 0 bridgehead atoms. The summed E-state index contributed by atoms with van der Waals surface area (Å²) in [6.45, 7) is 0. The highest BCUT2D eigenvalue weighted by Gasteiger charge is 2.33. The predicted molar refractivity (Wildman–Crippen MR) is 57.6 cm³/mol. The molecule has 0 fully saturated rings. The first-order valence-electron chi connectivity index (χ1n) is 3.83. The van der Waals surface area contributed by atoms with Crippen molar-refractivity contribution in [2.24, 2.45) is 5.73 Å². The SMILES string of the molecule is N/C(=C\S)c1ccc(C(F)(F)F)c(Cl)c1. The molecule has 2 N–H and O–H groups in total. The summed E-state index contributed by atoms with van der Waals surface area (Å²) in [5, 5.41) is 0.914. The molecule has 0 amide bonds. The van der Waals surface area contributed by atoms with Crippen LogP contribution < -0.4 is 5.73 Å². The molecule has 0 unspecified atom stereocenters. The minimum absolute atomic E-state index is 0.258. The van der Waals surface area contributed by atoms with E-state index in [1.165, 1.54) is 11.5 Å². The van der Waals surface area contributed by atoms with Gasteiger partial charge in [0.1, 0.15) is 0 Å². The maximum Gasteiger partial charge on any atom is 0.417 e. The van der Waals surface area contributed by atoms with Crippen molar-refractivity contribution < 1.29 is 13.2 Å². The van der Waals surface area contributed by atoms with Crippen LogP contribution in [0.3, 0.4) is 0 Å². The van der Waals surface area contributed by atoms with Gasteiger partial charge in [0.15, 0.2) is 0 Å². The summed E-state index contributed by atoms with van der Waals surface area (Å²) in [5.41, 5.74) is 5.26. The Morgan fingerprint density at radius 3 is 2.40 bits per heavy atom. The first kappa shape index (κ1) is 12.3. The Morgan fingerprint density at radius 2 is 2.00 bits per heavy atom. The van der Waals surface area contributed by atoms with Crippen LogP contribution in [0.1, 0.15) is 11.1 Å². The molecule has 0 spiro atoms. The zero-order chi connectivity index (χ0) is 11.6. The first-order chi connectivity index (χ1) is 6.86. The Kier molecular flexibility index (Phi) is 3.57. The van der Waals surface area contributed by atoms with Gasteiger partial charge in [0.25, 0.3) is 0 Å². The molecular formula is C9H7ClF3NS. The third-order valence-corrected chi connectivity index (χ3v) is 2.34. The lowest BCUT2D eigenvalue weighted by molar-refractivity contribution is -0.137. The van der Waals surface area contributed by atoms with Crippen LogP contribution >= 0.6 is 24.2 Å². The second-order valence-electron chi connectivity index (χ2n) is 2.78. The summed E-state index contributed by atoms with van der Waals surface area (Å²) in [6, 6.07) is 3.30. The first-order valence-corrected chi connectivity index (χ1v) is 4.72. The quantitative estimate of drug-likeness (QED) is 0.736. The third-order valence-electron chi connectivity index (χ3n) is 1.75. The second-order valence-corrected chi connectivity index (χ2v) is 3.44. The molecule has 0 aliphatic heterocycles. The van der Waals surface area contributed by atoms with E-state index in [1.807, 2.05) is 0 Å². The van der Waals surface area contributed by atoms with Gasteiger partial charge in [-0.2, -0.15) is 13.2 Å². The molecule has 0 aromatic heterocycles. The van der Waals surface area contributed by atoms with Crippen molar-refractivity contribution >= 4 is 29.9 Å².